The van der Waals surface area contributed by atoms with Gasteiger partial charge >= 0.3 is 7.82 Å². The van der Waals surface area contributed by atoms with Crippen LogP contribution in [0.5, 0.6) is 0 Å². The van der Waals surface area contributed by atoms with E-state index in [1.54, 1.807) is 0 Å². The zero-order valence-corrected chi connectivity index (χ0v) is 9.56. The summed E-state index contributed by atoms with van der Waals surface area (Å²) in [6.07, 6.45) is 0. The lowest BCUT2D eigenvalue weighted by Crippen LogP contribution is -2.05. The van der Waals surface area contributed by atoms with Crippen molar-refractivity contribution in [3.8, 4) is 0 Å². The van der Waals surface area contributed by atoms with E-state index < -0.39 is 14.5 Å². The molecule has 4 nitrogen and oxygen atoms in total. The second-order valence-corrected chi connectivity index (χ2v) is 14.9. The van der Waals surface area contributed by atoms with Crippen LogP contribution in [0.2, 0.25) is 19.6 Å². The predicted molar refractivity (Wildman–Crippen MR) is 46.5 cm³/mol. The lowest BCUT2D eigenvalue weighted by molar-refractivity contribution is 0.275. The molecule has 0 amide bonds. The topological polar surface area (TPSA) is 77.8 Å². The first kappa shape index (κ1) is 13.4. The Hall–Kier alpha value is 0.807. The van der Waals surface area contributed by atoms with E-state index in [4.69, 9.17) is 19.2 Å². The maximum atomic E-state index is 8.88. The van der Waals surface area contributed by atoms with E-state index in [9.17, 15) is 0 Å². The Morgan fingerprint density at radius 1 is 1.20 bits per heavy atom. The summed E-state index contributed by atoms with van der Waals surface area (Å²) in [5.41, 5.74) is 0. The second kappa shape index (κ2) is 4.64. The predicted octanol–water partition coefficient (Wildman–Crippen LogP) is 1.29. The largest absolute Gasteiger partial charge is 0.466 e. The maximum absolute atomic E-state index is 8.88. The lowest BCUT2D eigenvalue weighted by Gasteiger charge is -1.98. The molecule has 0 bridgehead atoms. The number of phosphoric acid groups is 1. The summed E-state index contributed by atoms with van der Waals surface area (Å²) in [6.45, 7) is 5.93. The summed E-state index contributed by atoms with van der Waals surface area (Å²) in [5, 5.41) is 0. The van der Waals surface area contributed by atoms with E-state index in [0.717, 1.165) is 0 Å². The molecule has 0 rings (SSSR count). The van der Waals surface area contributed by atoms with Crippen LogP contribution in [0.25, 0.3) is 0 Å². The standard InChI is InChI=1S/C3H9BrSi.H3O4P/c2*1-5(2,3)4/h1-3H3;(H3,1,2,3,4). The molecule has 0 aliphatic heterocycles. The van der Waals surface area contributed by atoms with E-state index in [1.165, 1.54) is 0 Å². The highest BCUT2D eigenvalue weighted by atomic mass is 79.9. The fourth-order valence-electron chi connectivity index (χ4n) is 0. The summed E-state index contributed by atoms with van der Waals surface area (Å²) in [6, 6.07) is 0. The molecule has 0 saturated carbocycles. The smallest absolute Gasteiger partial charge is 0.303 e. The minimum Gasteiger partial charge on any atom is -0.303 e. The summed E-state index contributed by atoms with van der Waals surface area (Å²) in [4.78, 5) is 21.6. The maximum Gasteiger partial charge on any atom is 0.466 e. The molecular weight excluding hydrogens is 239 g/mol. The number of hydrogen-bond acceptors (Lipinski definition) is 1. The van der Waals surface area contributed by atoms with Crippen molar-refractivity contribution in [1.82, 2.24) is 0 Å². The van der Waals surface area contributed by atoms with Gasteiger partial charge in [-0.3, -0.25) is 0 Å². The first-order valence-corrected chi connectivity index (χ1v) is 9.79. The molecule has 64 valence electrons. The van der Waals surface area contributed by atoms with Crippen molar-refractivity contribution in [2.24, 2.45) is 0 Å². The van der Waals surface area contributed by atoms with Crippen molar-refractivity contribution in [3.05, 3.63) is 0 Å². The van der Waals surface area contributed by atoms with Crippen LogP contribution in [0, 0.1) is 0 Å². The summed E-state index contributed by atoms with van der Waals surface area (Å²) in [5.74, 6) is 0. The van der Waals surface area contributed by atoms with Crippen molar-refractivity contribution in [3.63, 3.8) is 0 Å². The third kappa shape index (κ3) is 824. The van der Waals surface area contributed by atoms with Crippen LogP contribution in [0.1, 0.15) is 0 Å². The Kier molecular flexibility index (Phi) is 6.21. The highest BCUT2D eigenvalue weighted by Gasteiger charge is 2.03. The molecule has 0 aromatic heterocycles. The quantitative estimate of drug-likeness (QED) is 0.344. The van der Waals surface area contributed by atoms with Crippen molar-refractivity contribution >= 4 is 29.8 Å². The van der Waals surface area contributed by atoms with Crippen LogP contribution in [0.3, 0.4) is 0 Å². The van der Waals surface area contributed by atoms with E-state index in [0.29, 0.717) is 0 Å². The molecule has 0 spiro atoms. The van der Waals surface area contributed by atoms with Crippen molar-refractivity contribution in [2.45, 2.75) is 19.6 Å². The number of rotatable bonds is 0. The molecule has 0 aromatic carbocycles. The van der Waals surface area contributed by atoms with E-state index in [1.807, 2.05) is 0 Å². The molecule has 0 aromatic rings. The average Bonchev–Trinajstić information content (AvgIpc) is 1.12. The van der Waals surface area contributed by atoms with Gasteiger partial charge < -0.3 is 14.7 Å². The first-order chi connectivity index (χ1) is 4.00. The normalized spacial score (nSPS) is 11.9. The molecule has 0 radical (unpaired) electrons. The highest BCUT2D eigenvalue weighted by Crippen LogP contribution is 2.25. The van der Waals surface area contributed by atoms with Gasteiger partial charge in [0.2, 0.25) is 0 Å². The van der Waals surface area contributed by atoms with Crippen LogP contribution < -0.4 is 0 Å². The van der Waals surface area contributed by atoms with E-state index in [2.05, 4.69) is 34.9 Å². The van der Waals surface area contributed by atoms with Gasteiger partial charge in [0.1, 0.15) is 6.69 Å². The van der Waals surface area contributed by atoms with Gasteiger partial charge in [-0.05, 0) is 0 Å². The molecule has 7 heteroatoms. The minimum absolute atomic E-state index is 0.799. The summed E-state index contributed by atoms with van der Waals surface area (Å²) in [7, 11) is -4.64. The van der Waals surface area contributed by atoms with Crippen LogP contribution >= 0.6 is 23.1 Å². The van der Waals surface area contributed by atoms with Gasteiger partial charge in [-0.1, -0.05) is 19.6 Å². The molecular formula is C3H12BrO4PSi. The first-order valence-electron chi connectivity index (χ1n) is 2.47. The Morgan fingerprint density at radius 2 is 1.20 bits per heavy atom. The Bertz CT molecular complexity index is 113. The molecule has 0 heterocycles. The van der Waals surface area contributed by atoms with Gasteiger partial charge in [0.05, 0.1) is 0 Å². The molecule has 3 N–H and O–H groups in total. The van der Waals surface area contributed by atoms with Crippen LogP contribution in [0.4, 0.5) is 0 Å². The SMILES string of the molecule is C[Si](C)(C)Br.O=P(O)(O)O. The molecule has 0 unspecified atom stereocenters. The fraction of sp³-hybridized carbons (Fsp3) is 1.00. The minimum atomic E-state index is -4.64. The zero-order chi connectivity index (χ0) is 9.00. The van der Waals surface area contributed by atoms with Crippen molar-refractivity contribution in [2.75, 3.05) is 0 Å². The van der Waals surface area contributed by atoms with Gasteiger partial charge in [-0.25, -0.2) is 4.57 Å². The van der Waals surface area contributed by atoms with Gasteiger partial charge in [0.15, 0.2) is 0 Å². The summed E-state index contributed by atoms with van der Waals surface area (Å²) < 4.78 is 8.88. The van der Waals surface area contributed by atoms with E-state index in [-0.39, 0.29) is 0 Å². The summed E-state index contributed by atoms with van der Waals surface area (Å²) >= 11 is 3.51. The molecule has 0 aliphatic carbocycles. The molecule has 0 fully saturated rings. The van der Waals surface area contributed by atoms with Crippen molar-refractivity contribution < 1.29 is 19.2 Å². The molecule has 0 atom stereocenters. The second-order valence-electron chi connectivity index (χ2n) is 2.58. The Balaban J connectivity index is 0. The Labute approximate surface area is 69.1 Å². The van der Waals surface area contributed by atoms with Gasteiger partial charge in [0, 0.05) is 0 Å². The lowest BCUT2D eigenvalue weighted by atomic mass is 11.8. The van der Waals surface area contributed by atoms with Crippen LogP contribution in [-0.4, -0.2) is 21.4 Å². The van der Waals surface area contributed by atoms with Gasteiger partial charge in [-0.15, -0.1) is 15.3 Å². The third-order valence-corrected chi connectivity index (χ3v) is 0. The molecule has 0 aliphatic rings. The average molecular weight is 251 g/mol. The number of hydrogen-bond donors (Lipinski definition) is 3. The zero-order valence-electron chi connectivity index (χ0n) is 6.08. The molecule has 0 saturated heterocycles. The number of halogens is 1. The van der Waals surface area contributed by atoms with E-state index >= 15 is 0 Å². The monoisotopic (exact) mass is 250 g/mol. The van der Waals surface area contributed by atoms with Crippen LogP contribution in [0.15, 0.2) is 0 Å². The third-order valence-electron chi connectivity index (χ3n) is 0. The highest BCUT2D eigenvalue weighted by molar-refractivity contribution is 9.26. The van der Waals surface area contributed by atoms with Crippen molar-refractivity contribution in [1.29, 1.82) is 0 Å². The fourth-order valence-corrected chi connectivity index (χ4v) is 0. The van der Waals surface area contributed by atoms with Gasteiger partial charge in [-0.2, -0.15) is 0 Å². The molecule has 10 heavy (non-hydrogen) atoms. The van der Waals surface area contributed by atoms with Gasteiger partial charge in [0.25, 0.3) is 0 Å². The van der Waals surface area contributed by atoms with Crippen LogP contribution in [-0.2, 0) is 4.57 Å². The Morgan fingerprint density at radius 3 is 1.20 bits per heavy atom.